The number of hydrogen-bond donors (Lipinski definition) is 0. The molecule has 28 heavy (non-hydrogen) atoms. The number of carbonyl (C=O) groups is 1. The third-order valence-corrected chi connectivity index (χ3v) is 5.98. The number of halogens is 2. The Labute approximate surface area is 178 Å². The van der Waals surface area contributed by atoms with E-state index in [0.29, 0.717) is 27.0 Å². The van der Waals surface area contributed by atoms with Gasteiger partial charge in [-0.2, -0.15) is 4.99 Å². The lowest BCUT2D eigenvalue weighted by molar-refractivity contribution is 0.0998. The summed E-state index contributed by atoms with van der Waals surface area (Å²) < 4.78 is 2.76. The molecule has 7 heteroatoms. The van der Waals surface area contributed by atoms with Crippen molar-refractivity contribution in [1.82, 2.24) is 4.57 Å². The number of nitrogens with zero attached hydrogens (tertiary/aromatic N) is 3. The Morgan fingerprint density at radius 2 is 1.89 bits per heavy atom. The Hall–Kier alpha value is -2.08. The van der Waals surface area contributed by atoms with Crippen LogP contribution in [0.5, 0.6) is 0 Å². The molecule has 0 radical (unpaired) electrons. The van der Waals surface area contributed by atoms with Gasteiger partial charge in [0.05, 0.1) is 15.2 Å². The summed E-state index contributed by atoms with van der Waals surface area (Å²) in [7, 11) is 0. The molecule has 0 aliphatic heterocycles. The van der Waals surface area contributed by atoms with Gasteiger partial charge in [0.2, 0.25) is 0 Å². The van der Waals surface area contributed by atoms with Gasteiger partial charge in [0, 0.05) is 35.9 Å². The van der Waals surface area contributed by atoms with E-state index in [4.69, 9.17) is 23.2 Å². The second kappa shape index (κ2) is 8.95. The molecule has 0 atom stereocenters. The van der Waals surface area contributed by atoms with E-state index in [0.717, 1.165) is 29.0 Å². The molecule has 2 aromatic carbocycles. The van der Waals surface area contributed by atoms with Crippen molar-refractivity contribution in [1.29, 1.82) is 0 Å². The van der Waals surface area contributed by atoms with Crippen LogP contribution in [-0.4, -0.2) is 23.6 Å². The van der Waals surface area contributed by atoms with Crippen LogP contribution in [0.1, 0.15) is 24.2 Å². The molecule has 1 amide bonds. The van der Waals surface area contributed by atoms with Gasteiger partial charge in [0.25, 0.3) is 5.91 Å². The van der Waals surface area contributed by atoms with E-state index in [1.807, 2.05) is 34.9 Å². The van der Waals surface area contributed by atoms with Crippen LogP contribution in [0.4, 0.5) is 5.69 Å². The van der Waals surface area contributed by atoms with Gasteiger partial charge >= 0.3 is 0 Å². The zero-order valence-electron chi connectivity index (χ0n) is 15.8. The third kappa shape index (κ3) is 4.17. The normalized spacial score (nSPS) is 11.8. The van der Waals surface area contributed by atoms with Crippen LogP contribution in [0.3, 0.4) is 0 Å². The maximum absolute atomic E-state index is 12.7. The minimum Gasteiger partial charge on any atom is -0.372 e. The molecule has 0 aliphatic rings. The minimum atomic E-state index is -0.294. The molecule has 1 aromatic heterocycles. The quantitative estimate of drug-likeness (QED) is 0.461. The summed E-state index contributed by atoms with van der Waals surface area (Å²) >= 11 is 13.9. The number of hydrogen-bond acceptors (Lipinski definition) is 3. The summed E-state index contributed by atoms with van der Waals surface area (Å²) in [4.78, 5) is 19.9. The predicted octanol–water partition coefficient (Wildman–Crippen LogP) is 5.78. The molecule has 4 nitrogen and oxygen atoms in total. The highest BCUT2D eigenvalue weighted by molar-refractivity contribution is 7.16. The second-order valence-corrected chi connectivity index (χ2v) is 8.01. The van der Waals surface area contributed by atoms with Gasteiger partial charge in [-0.3, -0.25) is 4.79 Å². The number of thiazole rings is 1. The summed E-state index contributed by atoms with van der Waals surface area (Å²) in [5.41, 5.74) is 2.44. The monoisotopic (exact) mass is 433 g/mol. The largest absolute Gasteiger partial charge is 0.372 e. The number of benzene rings is 2. The number of carbonyl (C=O) groups excluding carboxylic acids is 1. The third-order valence-electron chi connectivity index (χ3n) is 4.45. The fourth-order valence-electron chi connectivity index (χ4n) is 3.07. The molecule has 0 N–H and O–H groups in total. The summed E-state index contributed by atoms with van der Waals surface area (Å²) in [6.45, 7) is 10.3. The van der Waals surface area contributed by atoms with Gasteiger partial charge in [-0.15, -0.1) is 6.58 Å². The predicted molar refractivity (Wildman–Crippen MR) is 120 cm³/mol. The Morgan fingerprint density at radius 1 is 1.21 bits per heavy atom. The van der Waals surface area contributed by atoms with E-state index in [9.17, 15) is 4.79 Å². The van der Waals surface area contributed by atoms with Crippen LogP contribution in [0.15, 0.2) is 54.0 Å². The molecule has 0 saturated carbocycles. The van der Waals surface area contributed by atoms with Crippen molar-refractivity contribution in [3.05, 3.63) is 69.5 Å². The second-order valence-electron chi connectivity index (χ2n) is 6.15. The lowest BCUT2D eigenvalue weighted by Gasteiger charge is -2.20. The molecular formula is C21H21Cl2N3OS. The van der Waals surface area contributed by atoms with Gasteiger partial charge < -0.3 is 9.47 Å². The number of aromatic nitrogens is 1. The van der Waals surface area contributed by atoms with Gasteiger partial charge in [-0.1, -0.05) is 40.6 Å². The Kier molecular flexibility index (Phi) is 6.60. The first-order valence-electron chi connectivity index (χ1n) is 9.01. The first kappa shape index (κ1) is 20.6. The summed E-state index contributed by atoms with van der Waals surface area (Å²) in [5, 5.41) is 1.08. The molecule has 0 bridgehead atoms. The van der Waals surface area contributed by atoms with Crippen molar-refractivity contribution in [2.75, 3.05) is 18.0 Å². The number of allylic oxidation sites excluding steroid dienone is 1. The maximum Gasteiger partial charge on any atom is 0.279 e. The fraction of sp³-hybridized carbons (Fsp3) is 0.238. The number of amides is 1. The standard InChI is InChI=1S/C21H21Cl2N3OS/c1-4-11-26-19-17(23)12-15(22)13-18(19)28-21(26)24-20(27)14-7-9-16(10-8-14)25(5-2)6-3/h4,7-10,12-13H,1,5-6,11H2,2-3H3. The zero-order valence-corrected chi connectivity index (χ0v) is 18.1. The van der Waals surface area contributed by atoms with Crippen molar-refractivity contribution < 1.29 is 4.79 Å². The average molecular weight is 434 g/mol. The van der Waals surface area contributed by atoms with E-state index in [-0.39, 0.29) is 5.91 Å². The van der Waals surface area contributed by atoms with Gasteiger partial charge in [0.1, 0.15) is 0 Å². The molecule has 0 unspecified atom stereocenters. The molecule has 0 spiro atoms. The Balaban J connectivity index is 2.04. The molecule has 0 saturated heterocycles. The summed E-state index contributed by atoms with van der Waals surface area (Å²) in [6, 6.07) is 11.1. The van der Waals surface area contributed by atoms with Crippen LogP contribution >= 0.6 is 34.5 Å². The number of fused-ring (bicyclic) bond motifs is 1. The minimum absolute atomic E-state index is 0.294. The molecule has 0 aliphatic carbocycles. The highest BCUT2D eigenvalue weighted by Gasteiger charge is 2.13. The van der Waals surface area contributed by atoms with Gasteiger partial charge in [0.15, 0.2) is 4.80 Å². The van der Waals surface area contributed by atoms with E-state index in [2.05, 4.69) is 30.3 Å². The zero-order chi connectivity index (χ0) is 20.3. The topological polar surface area (TPSA) is 37.6 Å². The molecule has 3 rings (SSSR count). The first-order valence-corrected chi connectivity index (χ1v) is 10.6. The van der Waals surface area contributed by atoms with E-state index < -0.39 is 0 Å². The number of anilines is 1. The van der Waals surface area contributed by atoms with Crippen molar-refractivity contribution in [3.63, 3.8) is 0 Å². The van der Waals surface area contributed by atoms with Crippen LogP contribution in [0.25, 0.3) is 10.2 Å². The van der Waals surface area contributed by atoms with Crippen LogP contribution in [0, 0.1) is 0 Å². The van der Waals surface area contributed by atoms with Crippen molar-refractivity contribution in [3.8, 4) is 0 Å². The average Bonchev–Trinajstić information content (AvgIpc) is 3.00. The molecule has 1 heterocycles. The molecule has 146 valence electrons. The highest BCUT2D eigenvalue weighted by atomic mass is 35.5. The molecule has 0 fully saturated rings. The summed E-state index contributed by atoms with van der Waals surface area (Å²) in [5.74, 6) is -0.294. The van der Waals surface area contributed by atoms with Gasteiger partial charge in [-0.25, -0.2) is 0 Å². The SMILES string of the molecule is C=CCn1c(=NC(=O)c2ccc(N(CC)CC)cc2)sc2cc(Cl)cc(Cl)c21. The van der Waals surface area contributed by atoms with Gasteiger partial charge in [-0.05, 0) is 50.2 Å². The van der Waals surface area contributed by atoms with Crippen molar-refractivity contribution in [2.45, 2.75) is 20.4 Å². The maximum atomic E-state index is 12.7. The molecule has 3 aromatic rings. The Morgan fingerprint density at radius 3 is 2.50 bits per heavy atom. The smallest absolute Gasteiger partial charge is 0.279 e. The Bertz CT molecular complexity index is 1080. The lowest BCUT2D eigenvalue weighted by atomic mass is 10.2. The van der Waals surface area contributed by atoms with Crippen LogP contribution in [0.2, 0.25) is 10.0 Å². The van der Waals surface area contributed by atoms with E-state index >= 15 is 0 Å². The highest BCUT2D eigenvalue weighted by Crippen LogP contribution is 2.29. The van der Waals surface area contributed by atoms with Crippen molar-refractivity contribution in [2.24, 2.45) is 4.99 Å². The summed E-state index contributed by atoms with van der Waals surface area (Å²) in [6.07, 6.45) is 1.75. The first-order chi connectivity index (χ1) is 13.5. The van der Waals surface area contributed by atoms with Crippen molar-refractivity contribution >= 4 is 56.3 Å². The van der Waals surface area contributed by atoms with E-state index in [1.165, 1.54) is 11.3 Å². The van der Waals surface area contributed by atoms with Crippen LogP contribution < -0.4 is 9.70 Å². The van der Waals surface area contributed by atoms with Crippen LogP contribution in [-0.2, 0) is 6.54 Å². The molecular weight excluding hydrogens is 413 g/mol. The lowest BCUT2D eigenvalue weighted by Crippen LogP contribution is -2.21. The number of rotatable bonds is 6. The fourth-order valence-corrected chi connectivity index (χ4v) is 4.89. The van der Waals surface area contributed by atoms with E-state index in [1.54, 1.807) is 12.1 Å².